The minimum Gasteiger partial charge on any atom is -0.354 e. The molecule has 0 radical (unpaired) electrons. The van der Waals surface area contributed by atoms with Gasteiger partial charge in [0.2, 0.25) is 11.8 Å². The van der Waals surface area contributed by atoms with Gasteiger partial charge in [-0.3, -0.25) is 13.9 Å². The Morgan fingerprint density at radius 2 is 1.55 bits per heavy atom. The van der Waals surface area contributed by atoms with Crippen molar-refractivity contribution in [2.75, 3.05) is 17.4 Å². The molecule has 0 bridgehead atoms. The van der Waals surface area contributed by atoms with Crippen LogP contribution in [0.3, 0.4) is 0 Å². The van der Waals surface area contributed by atoms with Crippen LogP contribution < -0.4 is 9.62 Å². The Hall–Kier alpha value is -3.65. The highest BCUT2D eigenvalue weighted by Crippen LogP contribution is 2.29. The van der Waals surface area contributed by atoms with E-state index in [9.17, 15) is 18.0 Å². The van der Waals surface area contributed by atoms with Crippen molar-refractivity contribution in [2.45, 2.75) is 58.5 Å². The van der Waals surface area contributed by atoms with Gasteiger partial charge in [-0.2, -0.15) is 0 Å². The summed E-state index contributed by atoms with van der Waals surface area (Å²) >= 11 is 0. The Kier molecular flexibility index (Phi) is 9.69. The molecule has 0 saturated carbocycles. The van der Waals surface area contributed by atoms with Crippen LogP contribution in [0.25, 0.3) is 0 Å². The van der Waals surface area contributed by atoms with Gasteiger partial charge in [0.25, 0.3) is 10.0 Å². The molecule has 0 aliphatic carbocycles. The minimum absolute atomic E-state index is 0.0903. The normalized spacial score (nSPS) is 12.0. The van der Waals surface area contributed by atoms with E-state index in [1.807, 2.05) is 58.0 Å². The molecule has 0 saturated heterocycles. The largest absolute Gasteiger partial charge is 0.354 e. The van der Waals surface area contributed by atoms with Crippen molar-refractivity contribution >= 4 is 27.5 Å². The number of benzene rings is 3. The summed E-state index contributed by atoms with van der Waals surface area (Å²) in [6.45, 7) is 9.56. The van der Waals surface area contributed by atoms with Crippen molar-refractivity contribution in [3.8, 4) is 0 Å². The lowest BCUT2D eigenvalue weighted by Gasteiger charge is -2.32. The fraction of sp³-hybridized carbons (Fsp3) is 0.333. The number of hydrogen-bond acceptors (Lipinski definition) is 4. The molecule has 3 aromatic rings. The molecule has 1 N–H and O–H groups in total. The molecule has 38 heavy (non-hydrogen) atoms. The zero-order valence-corrected chi connectivity index (χ0v) is 23.6. The van der Waals surface area contributed by atoms with Gasteiger partial charge in [0.15, 0.2) is 0 Å². The summed E-state index contributed by atoms with van der Waals surface area (Å²) in [6, 6.07) is 20.4. The van der Waals surface area contributed by atoms with E-state index in [0.717, 1.165) is 33.0 Å². The summed E-state index contributed by atoms with van der Waals surface area (Å²) in [4.78, 5) is 28.4. The van der Waals surface area contributed by atoms with Crippen LogP contribution >= 0.6 is 0 Å². The number of nitrogens with one attached hydrogen (secondary N) is 1. The fourth-order valence-corrected chi connectivity index (χ4v) is 5.60. The first-order valence-corrected chi connectivity index (χ1v) is 14.3. The first kappa shape index (κ1) is 28.9. The topological polar surface area (TPSA) is 86.8 Å². The van der Waals surface area contributed by atoms with Crippen molar-refractivity contribution < 1.29 is 18.0 Å². The molecule has 0 aliphatic rings. The van der Waals surface area contributed by atoms with Crippen LogP contribution in [0.4, 0.5) is 5.69 Å². The summed E-state index contributed by atoms with van der Waals surface area (Å²) in [5.74, 6) is -0.748. The first-order valence-electron chi connectivity index (χ1n) is 12.8. The predicted octanol–water partition coefficient (Wildman–Crippen LogP) is 4.75. The van der Waals surface area contributed by atoms with Gasteiger partial charge in [0, 0.05) is 13.1 Å². The lowest BCUT2D eigenvalue weighted by atomic mass is 10.1. The fourth-order valence-electron chi connectivity index (χ4n) is 4.11. The van der Waals surface area contributed by atoms with Crippen LogP contribution in [0.15, 0.2) is 77.7 Å². The van der Waals surface area contributed by atoms with Gasteiger partial charge in [-0.1, -0.05) is 67.1 Å². The van der Waals surface area contributed by atoms with Crippen LogP contribution in [0.1, 0.15) is 42.5 Å². The van der Waals surface area contributed by atoms with E-state index in [-0.39, 0.29) is 17.3 Å². The molecule has 0 spiro atoms. The third-order valence-electron chi connectivity index (χ3n) is 6.64. The molecular formula is C30H37N3O4S. The number of rotatable bonds is 11. The van der Waals surface area contributed by atoms with E-state index in [2.05, 4.69) is 5.32 Å². The number of nitrogens with zero attached hydrogens (tertiary/aromatic N) is 2. The van der Waals surface area contributed by atoms with Crippen LogP contribution in [0, 0.1) is 20.8 Å². The molecule has 0 fully saturated rings. The van der Waals surface area contributed by atoms with E-state index in [1.54, 1.807) is 37.3 Å². The summed E-state index contributed by atoms with van der Waals surface area (Å²) in [7, 11) is -4.08. The van der Waals surface area contributed by atoms with Crippen LogP contribution in [0.2, 0.25) is 0 Å². The Bertz CT molecular complexity index is 1360. The second-order valence-electron chi connectivity index (χ2n) is 9.52. The van der Waals surface area contributed by atoms with Gasteiger partial charge in [-0.15, -0.1) is 0 Å². The molecule has 202 valence electrons. The quantitative estimate of drug-likeness (QED) is 0.384. The van der Waals surface area contributed by atoms with Crippen molar-refractivity contribution in [3.63, 3.8) is 0 Å². The first-order chi connectivity index (χ1) is 18.1. The van der Waals surface area contributed by atoms with Crippen molar-refractivity contribution in [1.82, 2.24) is 10.2 Å². The number of amides is 2. The molecule has 8 heteroatoms. The number of sulfonamides is 1. The summed E-state index contributed by atoms with van der Waals surface area (Å²) < 4.78 is 28.9. The van der Waals surface area contributed by atoms with Crippen molar-refractivity contribution in [3.05, 3.63) is 95.1 Å². The monoisotopic (exact) mass is 535 g/mol. The third-order valence-corrected chi connectivity index (χ3v) is 8.42. The summed E-state index contributed by atoms with van der Waals surface area (Å²) in [5.41, 5.74) is 4.03. The van der Waals surface area contributed by atoms with Crippen LogP contribution in [-0.2, 0) is 26.2 Å². The van der Waals surface area contributed by atoms with E-state index >= 15 is 0 Å². The predicted molar refractivity (Wildman–Crippen MR) is 151 cm³/mol. The van der Waals surface area contributed by atoms with Gasteiger partial charge in [-0.05, 0) is 69.0 Å². The molecule has 0 aliphatic heterocycles. The number of carbonyl (C=O) groups is 2. The molecule has 2 amide bonds. The second kappa shape index (κ2) is 12.7. The molecule has 3 rings (SSSR count). The molecule has 1 atom stereocenters. The van der Waals surface area contributed by atoms with E-state index in [1.165, 1.54) is 17.0 Å². The maximum absolute atomic E-state index is 13.9. The Morgan fingerprint density at radius 1 is 0.895 bits per heavy atom. The third kappa shape index (κ3) is 6.81. The van der Waals surface area contributed by atoms with Crippen LogP contribution in [0.5, 0.6) is 0 Å². The number of carbonyl (C=O) groups excluding carboxylic acids is 2. The van der Waals surface area contributed by atoms with Gasteiger partial charge >= 0.3 is 0 Å². The Morgan fingerprint density at radius 3 is 2.18 bits per heavy atom. The SMILES string of the molecule is CCCNC(=O)[C@@H](C)N(Cc1ccc(C)cc1)C(=O)CN(c1cccc(C)c1C)S(=O)(=O)c1ccccc1. The van der Waals surface area contributed by atoms with Crippen LogP contribution in [-0.4, -0.2) is 44.3 Å². The highest BCUT2D eigenvalue weighted by Gasteiger charge is 2.33. The van der Waals surface area contributed by atoms with E-state index in [0.29, 0.717) is 12.2 Å². The highest BCUT2D eigenvalue weighted by atomic mass is 32.2. The molecule has 7 nitrogen and oxygen atoms in total. The summed E-state index contributed by atoms with van der Waals surface area (Å²) in [5, 5.41) is 2.86. The average Bonchev–Trinajstić information content (AvgIpc) is 2.91. The standard InChI is InChI=1S/C30H37N3O4S/c1-6-19-31-30(35)25(5)32(20-26-17-15-22(2)16-18-26)29(34)21-33(28-14-10-11-23(3)24(28)4)38(36,37)27-12-8-7-9-13-27/h7-18,25H,6,19-21H2,1-5H3,(H,31,35)/t25-/m1/s1. The van der Waals surface area contributed by atoms with Crippen molar-refractivity contribution in [1.29, 1.82) is 0 Å². The lowest BCUT2D eigenvalue weighted by Crippen LogP contribution is -2.51. The van der Waals surface area contributed by atoms with E-state index in [4.69, 9.17) is 0 Å². The average molecular weight is 536 g/mol. The highest BCUT2D eigenvalue weighted by molar-refractivity contribution is 7.92. The number of aryl methyl sites for hydroxylation is 2. The van der Waals surface area contributed by atoms with Crippen molar-refractivity contribution in [2.24, 2.45) is 0 Å². The molecule has 0 heterocycles. The molecule has 0 aromatic heterocycles. The number of anilines is 1. The van der Waals surface area contributed by atoms with Gasteiger partial charge < -0.3 is 10.2 Å². The Labute approximate surface area is 226 Å². The molecular weight excluding hydrogens is 498 g/mol. The second-order valence-corrected chi connectivity index (χ2v) is 11.4. The zero-order valence-electron chi connectivity index (χ0n) is 22.8. The molecule has 0 unspecified atom stereocenters. The Balaban J connectivity index is 2.04. The van der Waals surface area contributed by atoms with Gasteiger partial charge in [0.1, 0.15) is 12.6 Å². The maximum Gasteiger partial charge on any atom is 0.264 e. The molecule has 3 aromatic carbocycles. The lowest BCUT2D eigenvalue weighted by molar-refractivity contribution is -0.139. The maximum atomic E-state index is 13.9. The zero-order chi connectivity index (χ0) is 27.9. The number of hydrogen-bond donors (Lipinski definition) is 1. The summed E-state index contributed by atoms with van der Waals surface area (Å²) in [6.07, 6.45) is 0.764. The minimum atomic E-state index is -4.08. The van der Waals surface area contributed by atoms with Gasteiger partial charge in [-0.25, -0.2) is 8.42 Å². The van der Waals surface area contributed by atoms with Gasteiger partial charge in [0.05, 0.1) is 10.6 Å². The smallest absolute Gasteiger partial charge is 0.264 e. The van der Waals surface area contributed by atoms with E-state index < -0.39 is 28.5 Å².